The highest BCUT2D eigenvalue weighted by atomic mass is 16.6. The number of benzene rings is 3. The maximum atomic E-state index is 6.70. The minimum Gasteiger partial charge on any atom is -0.382 e. The molecule has 3 heterocycles. The van der Waals surface area contributed by atoms with E-state index in [9.17, 15) is 0 Å². The van der Waals surface area contributed by atoms with Gasteiger partial charge in [-0.25, -0.2) is 9.50 Å². The second-order valence-electron chi connectivity index (χ2n) is 9.82. The van der Waals surface area contributed by atoms with E-state index in [1.54, 1.807) is 4.52 Å². The summed E-state index contributed by atoms with van der Waals surface area (Å²) in [7, 11) is 0. The zero-order valence-corrected chi connectivity index (χ0v) is 22.1. The molecule has 0 saturated carbocycles. The maximum Gasteiger partial charge on any atom is 0.151 e. The van der Waals surface area contributed by atoms with Crippen molar-refractivity contribution in [1.82, 2.24) is 14.6 Å². The number of nitrogens with two attached hydrogens (primary N) is 1. The van der Waals surface area contributed by atoms with Gasteiger partial charge in [-0.2, -0.15) is 5.10 Å². The number of nitrogens with zero attached hydrogens (tertiary/aromatic N) is 3. The van der Waals surface area contributed by atoms with Gasteiger partial charge in [0, 0.05) is 0 Å². The van der Waals surface area contributed by atoms with Gasteiger partial charge in [0.25, 0.3) is 0 Å². The van der Waals surface area contributed by atoms with Crippen LogP contribution >= 0.6 is 0 Å². The lowest BCUT2D eigenvalue weighted by molar-refractivity contribution is -0.0898. The van der Waals surface area contributed by atoms with Gasteiger partial charge in [0.15, 0.2) is 5.82 Å². The quantitative estimate of drug-likeness (QED) is 0.250. The van der Waals surface area contributed by atoms with Crippen LogP contribution in [0.1, 0.15) is 28.5 Å². The number of rotatable bonds is 11. The van der Waals surface area contributed by atoms with Crippen LogP contribution < -0.4 is 5.73 Å². The number of aromatic nitrogens is 3. The van der Waals surface area contributed by atoms with Crippen LogP contribution in [0, 0.1) is 0 Å². The van der Waals surface area contributed by atoms with Crippen molar-refractivity contribution in [2.75, 3.05) is 12.3 Å². The molecule has 0 aliphatic carbocycles. The summed E-state index contributed by atoms with van der Waals surface area (Å²) in [5, 5.41) is 4.46. The Balaban J connectivity index is 1.29. The van der Waals surface area contributed by atoms with E-state index in [0.29, 0.717) is 37.8 Å². The number of nitrogen functional groups attached to an aromatic ring is 1. The van der Waals surface area contributed by atoms with E-state index in [-0.39, 0.29) is 6.10 Å². The topological polar surface area (TPSA) is 93.1 Å². The normalized spacial score (nSPS) is 20.7. The summed E-state index contributed by atoms with van der Waals surface area (Å²) < 4.78 is 27.8. The average molecular weight is 537 g/mol. The molecular formula is C32H32N4O4. The molecule has 0 amide bonds. The largest absolute Gasteiger partial charge is 0.382 e. The summed E-state index contributed by atoms with van der Waals surface area (Å²) >= 11 is 0. The molecule has 2 N–H and O–H groups in total. The van der Waals surface area contributed by atoms with E-state index in [0.717, 1.165) is 22.4 Å². The van der Waals surface area contributed by atoms with Crippen molar-refractivity contribution in [1.29, 1.82) is 0 Å². The van der Waals surface area contributed by atoms with Crippen LogP contribution in [0.25, 0.3) is 5.52 Å². The van der Waals surface area contributed by atoms with Crippen LogP contribution in [-0.4, -0.2) is 39.5 Å². The van der Waals surface area contributed by atoms with E-state index in [4.69, 9.17) is 24.7 Å². The summed E-state index contributed by atoms with van der Waals surface area (Å²) in [6, 6.07) is 34.2. The van der Waals surface area contributed by atoms with Crippen LogP contribution in [0.5, 0.6) is 0 Å². The molecule has 8 nitrogen and oxygen atoms in total. The Kier molecular flexibility index (Phi) is 8.11. The third-order valence-electron chi connectivity index (χ3n) is 7.08. The molecule has 0 spiro atoms. The highest BCUT2D eigenvalue weighted by Gasteiger charge is 2.48. The fourth-order valence-corrected chi connectivity index (χ4v) is 5.07. The van der Waals surface area contributed by atoms with Crippen molar-refractivity contribution >= 4 is 11.3 Å². The van der Waals surface area contributed by atoms with Gasteiger partial charge in [-0.05, 0) is 28.8 Å². The van der Waals surface area contributed by atoms with Gasteiger partial charge < -0.3 is 24.7 Å². The van der Waals surface area contributed by atoms with E-state index >= 15 is 0 Å². The van der Waals surface area contributed by atoms with Crippen LogP contribution in [0.4, 0.5) is 5.82 Å². The van der Waals surface area contributed by atoms with Gasteiger partial charge in [0.1, 0.15) is 36.3 Å². The molecule has 6 rings (SSSR count). The fraction of sp³-hybridized carbons (Fsp3) is 0.250. The Labute approximate surface area is 233 Å². The summed E-state index contributed by atoms with van der Waals surface area (Å²) in [6.07, 6.45) is -0.211. The molecule has 40 heavy (non-hydrogen) atoms. The lowest BCUT2D eigenvalue weighted by Gasteiger charge is -2.25. The van der Waals surface area contributed by atoms with Gasteiger partial charge in [-0.3, -0.25) is 0 Å². The number of hydrogen-bond acceptors (Lipinski definition) is 7. The van der Waals surface area contributed by atoms with Crippen LogP contribution in [0.15, 0.2) is 109 Å². The maximum absolute atomic E-state index is 6.70. The second kappa shape index (κ2) is 12.4. The first-order valence-electron chi connectivity index (χ1n) is 13.4. The molecule has 8 heteroatoms. The Morgan fingerprint density at radius 2 is 1.27 bits per heavy atom. The minimum atomic E-state index is -0.466. The van der Waals surface area contributed by atoms with Gasteiger partial charge in [-0.1, -0.05) is 91.0 Å². The molecular weight excluding hydrogens is 504 g/mol. The Morgan fingerprint density at radius 3 is 1.90 bits per heavy atom. The predicted molar refractivity (Wildman–Crippen MR) is 151 cm³/mol. The molecule has 1 fully saturated rings. The summed E-state index contributed by atoms with van der Waals surface area (Å²) in [5.41, 5.74) is 10.9. The van der Waals surface area contributed by atoms with Gasteiger partial charge in [-0.15, -0.1) is 0 Å². The molecule has 1 aliphatic heterocycles. The van der Waals surface area contributed by atoms with E-state index < -0.39 is 18.3 Å². The van der Waals surface area contributed by atoms with Crippen LogP contribution in [0.2, 0.25) is 0 Å². The molecule has 2 aromatic heterocycles. The minimum absolute atomic E-state index is 0.344. The first-order chi connectivity index (χ1) is 19.8. The molecule has 4 atom stereocenters. The van der Waals surface area contributed by atoms with Crippen molar-refractivity contribution < 1.29 is 18.9 Å². The van der Waals surface area contributed by atoms with Crippen molar-refractivity contribution in [2.24, 2.45) is 0 Å². The average Bonchev–Trinajstić information content (AvgIpc) is 3.58. The predicted octanol–water partition coefficient (Wildman–Crippen LogP) is 5.14. The lowest BCUT2D eigenvalue weighted by atomic mass is 10.0. The van der Waals surface area contributed by atoms with Gasteiger partial charge >= 0.3 is 0 Å². The number of fused-ring (bicyclic) bond motifs is 1. The smallest absolute Gasteiger partial charge is 0.151 e. The zero-order valence-electron chi connectivity index (χ0n) is 22.1. The Bertz CT molecular complexity index is 1500. The summed E-state index contributed by atoms with van der Waals surface area (Å²) in [4.78, 5) is 4.13. The summed E-state index contributed by atoms with van der Waals surface area (Å²) in [6.45, 7) is 1.65. The SMILES string of the molecule is Nc1ncnn2c(C3OC(COCc4ccccc4)C(OCc4ccccc4)C3OCc3ccccc3)ccc12. The van der Waals surface area contributed by atoms with Gasteiger partial charge in [0.2, 0.25) is 0 Å². The second-order valence-corrected chi connectivity index (χ2v) is 9.82. The third kappa shape index (κ3) is 5.90. The third-order valence-corrected chi connectivity index (χ3v) is 7.08. The van der Waals surface area contributed by atoms with E-state index in [1.807, 2.05) is 103 Å². The molecule has 1 saturated heterocycles. The molecule has 4 unspecified atom stereocenters. The Hall–Kier alpha value is -4.08. The molecule has 5 aromatic rings. The highest BCUT2D eigenvalue weighted by molar-refractivity contribution is 5.65. The van der Waals surface area contributed by atoms with Crippen molar-refractivity contribution in [2.45, 2.75) is 44.2 Å². The molecule has 0 radical (unpaired) electrons. The Morgan fingerprint density at radius 1 is 0.700 bits per heavy atom. The van der Waals surface area contributed by atoms with E-state index in [2.05, 4.69) is 10.1 Å². The van der Waals surface area contributed by atoms with E-state index in [1.165, 1.54) is 6.33 Å². The number of ether oxygens (including phenoxy) is 4. The van der Waals surface area contributed by atoms with Crippen molar-refractivity contribution in [3.8, 4) is 0 Å². The molecule has 3 aromatic carbocycles. The monoisotopic (exact) mass is 536 g/mol. The molecule has 204 valence electrons. The van der Waals surface area contributed by atoms with Crippen LogP contribution in [-0.2, 0) is 38.8 Å². The number of anilines is 1. The lowest BCUT2D eigenvalue weighted by Crippen LogP contribution is -2.38. The molecule has 0 bridgehead atoms. The van der Waals surface area contributed by atoms with Crippen molar-refractivity contribution in [3.63, 3.8) is 0 Å². The fourth-order valence-electron chi connectivity index (χ4n) is 5.07. The standard InChI is InChI=1S/C32H32N4O4/c33-32-27-17-16-26(36(27)35-22-34-32)29-31(39-20-25-14-8-3-9-15-25)30(38-19-24-12-6-2-7-13-24)28(40-29)21-37-18-23-10-4-1-5-11-23/h1-17,22,28-31H,18-21H2,(H2,33,34,35). The highest BCUT2D eigenvalue weighted by Crippen LogP contribution is 2.39. The zero-order chi connectivity index (χ0) is 27.1. The van der Waals surface area contributed by atoms with Crippen LogP contribution in [0.3, 0.4) is 0 Å². The molecule has 1 aliphatic rings. The first kappa shape index (κ1) is 26.2. The first-order valence-corrected chi connectivity index (χ1v) is 13.4. The van der Waals surface area contributed by atoms with Crippen molar-refractivity contribution in [3.05, 3.63) is 132 Å². The summed E-state index contributed by atoms with van der Waals surface area (Å²) in [5.74, 6) is 0.403. The number of hydrogen-bond donors (Lipinski definition) is 1. The van der Waals surface area contributed by atoms with Gasteiger partial charge in [0.05, 0.1) is 32.1 Å².